The van der Waals surface area contributed by atoms with Crippen molar-refractivity contribution in [2.24, 2.45) is 0 Å². The first kappa shape index (κ1) is 13.9. The molecule has 0 aliphatic carbocycles. The van der Waals surface area contributed by atoms with Crippen molar-refractivity contribution in [2.75, 3.05) is 5.32 Å². The molecule has 0 bridgehead atoms. The van der Waals surface area contributed by atoms with E-state index in [1.807, 2.05) is 0 Å². The first-order valence-corrected chi connectivity index (χ1v) is 6.51. The highest BCUT2D eigenvalue weighted by atomic mass is 19.1. The second-order valence-electron chi connectivity index (χ2n) is 4.64. The second kappa shape index (κ2) is 5.72. The molecule has 3 rings (SSSR count). The van der Waals surface area contributed by atoms with E-state index >= 15 is 0 Å². The van der Waals surface area contributed by atoms with Crippen molar-refractivity contribution in [3.8, 4) is 0 Å². The molecule has 1 aromatic carbocycles. The summed E-state index contributed by atoms with van der Waals surface area (Å²) in [5, 5.41) is 10.00. The Labute approximate surface area is 124 Å². The molecule has 0 aliphatic heterocycles. The summed E-state index contributed by atoms with van der Waals surface area (Å²) in [5.74, 6) is -0.954. The van der Waals surface area contributed by atoms with Crippen LogP contribution in [0.2, 0.25) is 0 Å². The Kier molecular flexibility index (Phi) is 3.61. The summed E-state index contributed by atoms with van der Waals surface area (Å²) in [6, 6.07) is 9.49. The first-order valence-electron chi connectivity index (χ1n) is 6.51. The minimum Gasteiger partial charge on any atom is -0.324 e. The predicted octanol–water partition coefficient (Wildman–Crippen LogP) is 1.64. The van der Waals surface area contributed by atoms with Crippen LogP contribution in [0, 0.1) is 5.95 Å². The number of anilines is 1. The molecular formula is C15H11FN4O2. The molecule has 0 saturated carbocycles. The number of H-pyrrole nitrogens is 1. The molecular weight excluding hydrogens is 287 g/mol. The molecule has 22 heavy (non-hydrogen) atoms. The number of hydrogen-bond donors (Lipinski definition) is 2. The summed E-state index contributed by atoms with van der Waals surface area (Å²) < 4.78 is 12.7. The molecule has 7 heteroatoms. The lowest BCUT2D eigenvalue weighted by molar-refractivity contribution is -0.115. The Morgan fingerprint density at radius 1 is 1.18 bits per heavy atom. The van der Waals surface area contributed by atoms with Gasteiger partial charge in [-0.3, -0.25) is 9.59 Å². The van der Waals surface area contributed by atoms with Crippen molar-refractivity contribution >= 4 is 22.4 Å². The number of halogens is 1. The van der Waals surface area contributed by atoms with E-state index in [4.69, 9.17) is 0 Å². The molecule has 0 aliphatic rings. The molecule has 1 amide bonds. The van der Waals surface area contributed by atoms with Gasteiger partial charge in [0.25, 0.3) is 5.56 Å². The van der Waals surface area contributed by atoms with Gasteiger partial charge in [0, 0.05) is 5.39 Å². The summed E-state index contributed by atoms with van der Waals surface area (Å²) >= 11 is 0. The Balaban J connectivity index is 1.84. The molecule has 2 heterocycles. The molecule has 0 unspecified atom stereocenters. The maximum absolute atomic E-state index is 12.7. The molecule has 3 aromatic rings. The highest BCUT2D eigenvalue weighted by Crippen LogP contribution is 2.13. The van der Waals surface area contributed by atoms with Crippen LogP contribution in [-0.4, -0.2) is 21.1 Å². The van der Waals surface area contributed by atoms with Crippen LogP contribution >= 0.6 is 0 Å². The highest BCUT2D eigenvalue weighted by molar-refractivity contribution is 5.95. The fourth-order valence-corrected chi connectivity index (χ4v) is 2.11. The summed E-state index contributed by atoms with van der Waals surface area (Å²) in [5.41, 5.74) is 0.547. The number of carbonyl (C=O) groups excluding carboxylic acids is 1. The van der Waals surface area contributed by atoms with Crippen molar-refractivity contribution in [3.05, 3.63) is 64.6 Å². The van der Waals surface area contributed by atoms with Gasteiger partial charge in [-0.25, -0.2) is 10.1 Å². The van der Waals surface area contributed by atoms with Gasteiger partial charge in [-0.1, -0.05) is 18.2 Å². The van der Waals surface area contributed by atoms with Crippen LogP contribution in [0.25, 0.3) is 10.8 Å². The number of hydrogen-bond acceptors (Lipinski definition) is 4. The van der Waals surface area contributed by atoms with Crippen LogP contribution in [0.3, 0.4) is 0 Å². The topological polar surface area (TPSA) is 87.7 Å². The summed E-state index contributed by atoms with van der Waals surface area (Å²) in [6.07, 6.45) is 1.21. The number of aromatic amines is 1. The van der Waals surface area contributed by atoms with Crippen LogP contribution in [0.5, 0.6) is 0 Å². The van der Waals surface area contributed by atoms with E-state index in [1.165, 1.54) is 12.3 Å². The average molecular weight is 298 g/mol. The van der Waals surface area contributed by atoms with Crippen LogP contribution in [0.15, 0.2) is 47.4 Å². The monoisotopic (exact) mass is 298 g/mol. The molecule has 2 aromatic heterocycles. The third kappa shape index (κ3) is 2.83. The summed E-state index contributed by atoms with van der Waals surface area (Å²) in [4.78, 5) is 27.2. The summed E-state index contributed by atoms with van der Waals surface area (Å²) in [6.45, 7) is 0. The zero-order valence-corrected chi connectivity index (χ0v) is 11.3. The van der Waals surface area contributed by atoms with Crippen LogP contribution < -0.4 is 10.9 Å². The van der Waals surface area contributed by atoms with Crippen molar-refractivity contribution in [1.82, 2.24) is 15.2 Å². The van der Waals surface area contributed by atoms with Crippen molar-refractivity contribution in [2.45, 2.75) is 6.42 Å². The van der Waals surface area contributed by atoms with Crippen molar-refractivity contribution < 1.29 is 9.18 Å². The Morgan fingerprint density at radius 2 is 1.95 bits per heavy atom. The van der Waals surface area contributed by atoms with Gasteiger partial charge in [0.15, 0.2) is 0 Å². The van der Waals surface area contributed by atoms with Crippen LogP contribution in [0.1, 0.15) is 5.69 Å². The number of benzene rings is 1. The molecule has 6 nitrogen and oxygen atoms in total. The SMILES string of the molecule is O=C(Cc1n[nH]c(=O)c2ccccc12)Nc1ccc(F)nc1. The van der Waals surface area contributed by atoms with E-state index in [0.29, 0.717) is 22.2 Å². The minimum atomic E-state index is -0.619. The van der Waals surface area contributed by atoms with E-state index in [0.717, 1.165) is 6.07 Å². The summed E-state index contributed by atoms with van der Waals surface area (Å²) in [7, 11) is 0. The van der Waals surface area contributed by atoms with E-state index in [1.54, 1.807) is 24.3 Å². The van der Waals surface area contributed by atoms with Gasteiger partial charge >= 0.3 is 0 Å². The van der Waals surface area contributed by atoms with Gasteiger partial charge < -0.3 is 5.32 Å². The Morgan fingerprint density at radius 3 is 2.68 bits per heavy atom. The van der Waals surface area contributed by atoms with Crippen molar-refractivity contribution in [1.29, 1.82) is 0 Å². The third-order valence-corrected chi connectivity index (χ3v) is 3.11. The quantitative estimate of drug-likeness (QED) is 0.719. The lowest BCUT2D eigenvalue weighted by Crippen LogP contribution is -2.18. The van der Waals surface area contributed by atoms with E-state index < -0.39 is 5.95 Å². The number of nitrogens with zero attached hydrogens (tertiary/aromatic N) is 2. The zero-order valence-electron chi connectivity index (χ0n) is 11.3. The smallest absolute Gasteiger partial charge is 0.272 e. The molecule has 0 fully saturated rings. The van der Waals surface area contributed by atoms with E-state index in [2.05, 4.69) is 20.5 Å². The number of carbonyl (C=O) groups is 1. The largest absolute Gasteiger partial charge is 0.324 e. The number of aromatic nitrogens is 3. The van der Waals surface area contributed by atoms with Gasteiger partial charge in [-0.2, -0.15) is 9.49 Å². The number of nitrogens with one attached hydrogen (secondary N) is 2. The highest BCUT2D eigenvalue weighted by Gasteiger charge is 2.11. The molecule has 2 N–H and O–H groups in total. The van der Waals surface area contributed by atoms with Crippen LogP contribution in [0.4, 0.5) is 10.1 Å². The number of amides is 1. The number of fused-ring (bicyclic) bond motifs is 1. The fourth-order valence-electron chi connectivity index (χ4n) is 2.11. The zero-order chi connectivity index (χ0) is 15.5. The lowest BCUT2D eigenvalue weighted by atomic mass is 10.1. The van der Waals surface area contributed by atoms with Gasteiger partial charge in [0.05, 0.1) is 29.4 Å². The van der Waals surface area contributed by atoms with E-state index in [9.17, 15) is 14.0 Å². The number of pyridine rings is 1. The van der Waals surface area contributed by atoms with Gasteiger partial charge in [0.1, 0.15) is 0 Å². The van der Waals surface area contributed by atoms with Gasteiger partial charge in [0.2, 0.25) is 11.9 Å². The first-order chi connectivity index (χ1) is 10.6. The maximum atomic E-state index is 12.7. The van der Waals surface area contributed by atoms with Gasteiger partial charge in [-0.05, 0) is 18.2 Å². The lowest BCUT2D eigenvalue weighted by Gasteiger charge is -2.06. The predicted molar refractivity (Wildman–Crippen MR) is 78.9 cm³/mol. The molecule has 110 valence electrons. The van der Waals surface area contributed by atoms with Crippen molar-refractivity contribution in [3.63, 3.8) is 0 Å². The second-order valence-corrected chi connectivity index (χ2v) is 4.64. The van der Waals surface area contributed by atoms with Gasteiger partial charge in [-0.15, -0.1) is 0 Å². The maximum Gasteiger partial charge on any atom is 0.272 e. The average Bonchev–Trinajstić information content (AvgIpc) is 2.53. The van der Waals surface area contributed by atoms with E-state index in [-0.39, 0.29) is 17.9 Å². The molecule has 0 spiro atoms. The Bertz CT molecular complexity index is 890. The van der Waals surface area contributed by atoms with Crippen LogP contribution in [-0.2, 0) is 11.2 Å². The molecule has 0 radical (unpaired) electrons. The molecule has 0 atom stereocenters. The third-order valence-electron chi connectivity index (χ3n) is 3.11. The standard InChI is InChI=1S/C15H11FN4O2/c16-13-6-5-9(8-17-13)18-14(21)7-12-10-3-1-2-4-11(10)15(22)20-19-12/h1-6,8H,7H2,(H,18,21)(H,20,22). The molecule has 0 saturated heterocycles. The Hall–Kier alpha value is -3.09. The number of rotatable bonds is 3. The fraction of sp³-hybridized carbons (Fsp3) is 0.0667. The minimum absolute atomic E-state index is 0.0192. The normalized spacial score (nSPS) is 10.6.